The predicted molar refractivity (Wildman–Crippen MR) is 66.1 cm³/mol. The lowest BCUT2D eigenvalue weighted by Crippen LogP contribution is -2.33. The molecule has 0 aliphatic carbocycles. The average Bonchev–Trinajstić information content (AvgIpc) is 2.44. The second kappa shape index (κ2) is 5.62. The molecule has 108 valence electrons. The van der Waals surface area contributed by atoms with Crippen LogP contribution in [0.5, 0.6) is 5.88 Å². The monoisotopic (exact) mass is 288 g/mol. The summed E-state index contributed by atoms with van der Waals surface area (Å²) in [5.41, 5.74) is 6.27. The zero-order chi connectivity index (χ0) is 14.8. The SMILES string of the molecule is NCc1cnc(OCC(F)(F)C(F)F)c2ccccc12. The fourth-order valence-corrected chi connectivity index (χ4v) is 1.73. The summed E-state index contributed by atoms with van der Waals surface area (Å²) in [5.74, 6) is -4.33. The van der Waals surface area contributed by atoms with Gasteiger partial charge in [0.25, 0.3) is 0 Å². The van der Waals surface area contributed by atoms with E-state index in [4.69, 9.17) is 10.5 Å². The van der Waals surface area contributed by atoms with Crippen LogP contribution in [0.4, 0.5) is 17.6 Å². The molecule has 0 amide bonds. The molecule has 0 fully saturated rings. The van der Waals surface area contributed by atoms with Crippen LogP contribution in [0.15, 0.2) is 30.5 Å². The van der Waals surface area contributed by atoms with Crippen molar-refractivity contribution in [3.63, 3.8) is 0 Å². The second-order valence-corrected chi connectivity index (χ2v) is 4.19. The third kappa shape index (κ3) is 2.82. The average molecular weight is 288 g/mol. The summed E-state index contributed by atoms with van der Waals surface area (Å²) < 4.78 is 54.6. The maximum atomic E-state index is 12.9. The first kappa shape index (κ1) is 14.5. The highest BCUT2D eigenvalue weighted by Crippen LogP contribution is 2.28. The number of nitrogens with two attached hydrogens (primary N) is 1. The molecule has 0 saturated carbocycles. The highest BCUT2D eigenvalue weighted by molar-refractivity contribution is 5.89. The van der Waals surface area contributed by atoms with Crippen LogP contribution < -0.4 is 10.5 Å². The minimum absolute atomic E-state index is 0.113. The minimum Gasteiger partial charge on any atom is -0.471 e. The Morgan fingerprint density at radius 1 is 1.20 bits per heavy atom. The highest BCUT2D eigenvalue weighted by Gasteiger charge is 2.42. The van der Waals surface area contributed by atoms with Crippen LogP contribution in [0.1, 0.15) is 5.56 Å². The highest BCUT2D eigenvalue weighted by atomic mass is 19.3. The molecule has 2 N–H and O–H groups in total. The van der Waals surface area contributed by atoms with E-state index in [9.17, 15) is 17.6 Å². The molecule has 0 saturated heterocycles. The van der Waals surface area contributed by atoms with E-state index in [0.717, 1.165) is 0 Å². The Labute approximate surface area is 112 Å². The molecule has 0 bridgehead atoms. The molecule has 1 aromatic heterocycles. The van der Waals surface area contributed by atoms with Crippen LogP contribution >= 0.6 is 0 Å². The first-order chi connectivity index (χ1) is 9.45. The molecule has 1 heterocycles. The van der Waals surface area contributed by atoms with Gasteiger partial charge in [-0.25, -0.2) is 13.8 Å². The van der Waals surface area contributed by atoms with Gasteiger partial charge in [0, 0.05) is 18.1 Å². The van der Waals surface area contributed by atoms with Crippen molar-refractivity contribution >= 4 is 10.8 Å². The lowest BCUT2D eigenvalue weighted by Gasteiger charge is -2.16. The number of alkyl halides is 4. The van der Waals surface area contributed by atoms with E-state index in [1.54, 1.807) is 24.3 Å². The standard InChI is InChI=1S/C13H12F4N2O/c14-12(15)13(16,17)7-20-11-10-4-2-1-3-9(10)8(5-18)6-19-11/h1-4,6,12H,5,7,18H2. The molecule has 0 aliphatic rings. The van der Waals surface area contributed by atoms with Crippen molar-refractivity contribution in [2.75, 3.05) is 6.61 Å². The smallest absolute Gasteiger partial charge is 0.340 e. The topological polar surface area (TPSA) is 48.1 Å². The molecule has 0 radical (unpaired) electrons. The van der Waals surface area contributed by atoms with Gasteiger partial charge in [0.05, 0.1) is 0 Å². The number of benzene rings is 1. The Hall–Kier alpha value is -1.89. The number of hydrogen-bond acceptors (Lipinski definition) is 3. The maximum absolute atomic E-state index is 12.9. The van der Waals surface area contributed by atoms with Gasteiger partial charge < -0.3 is 10.5 Å². The Morgan fingerprint density at radius 3 is 2.45 bits per heavy atom. The van der Waals surface area contributed by atoms with Crippen LogP contribution in [0.25, 0.3) is 10.8 Å². The summed E-state index contributed by atoms with van der Waals surface area (Å²) in [6.45, 7) is -1.20. The Bertz CT molecular complexity index is 604. The number of fused-ring (bicyclic) bond motifs is 1. The van der Waals surface area contributed by atoms with E-state index in [1.807, 2.05) is 0 Å². The molecule has 0 unspecified atom stereocenters. The number of rotatable bonds is 5. The van der Waals surface area contributed by atoms with E-state index >= 15 is 0 Å². The summed E-state index contributed by atoms with van der Waals surface area (Å²) in [7, 11) is 0. The normalized spacial score (nSPS) is 12.1. The van der Waals surface area contributed by atoms with Crippen molar-refractivity contribution in [3.8, 4) is 5.88 Å². The van der Waals surface area contributed by atoms with Gasteiger partial charge in [-0.15, -0.1) is 0 Å². The fraction of sp³-hybridized carbons (Fsp3) is 0.308. The Kier molecular flexibility index (Phi) is 4.08. The Balaban J connectivity index is 2.32. The maximum Gasteiger partial charge on any atom is 0.340 e. The number of halogens is 4. The quantitative estimate of drug-likeness (QED) is 0.860. The summed E-state index contributed by atoms with van der Waals surface area (Å²) >= 11 is 0. The van der Waals surface area contributed by atoms with Crippen molar-refractivity contribution < 1.29 is 22.3 Å². The second-order valence-electron chi connectivity index (χ2n) is 4.19. The van der Waals surface area contributed by atoms with Crippen molar-refractivity contribution in [2.45, 2.75) is 18.9 Å². The third-order valence-corrected chi connectivity index (χ3v) is 2.78. The molecular formula is C13H12F4N2O. The summed E-state index contributed by atoms with van der Waals surface area (Å²) in [5, 5.41) is 1.15. The van der Waals surface area contributed by atoms with Gasteiger partial charge in [-0.3, -0.25) is 0 Å². The Morgan fingerprint density at radius 2 is 1.85 bits per heavy atom. The summed E-state index contributed by atoms with van der Waals surface area (Å²) in [4.78, 5) is 3.86. The van der Waals surface area contributed by atoms with Crippen LogP contribution in [0, 0.1) is 0 Å². The van der Waals surface area contributed by atoms with E-state index in [1.165, 1.54) is 6.20 Å². The van der Waals surface area contributed by atoms with Gasteiger partial charge in [0.15, 0.2) is 6.61 Å². The molecule has 3 nitrogen and oxygen atoms in total. The molecule has 1 aromatic carbocycles. The van der Waals surface area contributed by atoms with E-state index in [0.29, 0.717) is 16.3 Å². The van der Waals surface area contributed by atoms with E-state index in [2.05, 4.69) is 4.98 Å². The lowest BCUT2D eigenvalue weighted by molar-refractivity contribution is -0.148. The third-order valence-electron chi connectivity index (χ3n) is 2.78. The van der Waals surface area contributed by atoms with Gasteiger partial charge in [0.2, 0.25) is 5.88 Å². The molecule has 2 rings (SSSR count). The minimum atomic E-state index is -4.21. The molecule has 0 spiro atoms. The van der Waals surface area contributed by atoms with Crippen LogP contribution in [0.3, 0.4) is 0 Å². The zero-order valence-electron chi connectivity index (χ0n) is 10.3. The zero-order valence-corrected chi connectivity index (χ0v) is 10.3. The molecular weight excluding hydrogens is 276 g/mol. The molecule has 0 atom stereocenters. The number of pyridine rings is 1. The van der Waals surface area contributed by atoms with Crippen LogP contribution in [-0.4, -0.2) is 23.9 Å². The van der Waals surface area contributed by atoms with Crippen LogP contribution in [-0.2, 0) is 6.54 Å². The predicted octanol–water partition coefficient (Wildman–Crippen LogP) is 2.97. The molecule has 7 heteroatoms. The molecule has 0 aliphatic heterocycles. The van der Waals surface area contributed by atoms with Crippen molar-refractivity contribution in [1.82, 2.24) is 4.98 Å². The first-order valence-electron chi connectivity index (χ1n) is 5.81. The number of hydrogen-bond donors (Lipinski definition) is 1. The van der Waals surface area contributed by atoms with E-state index in [-0.39, 0.29) is 12.4 Å². The number of aromatic nitrogens is 1. The number of nitrogens with zero attached hydrogens (tertiary/aromatic N) is 1. The fourth-order valence-electron chi connectivity index (χ4n) is 1.73. The van der Waals surface area contributed by atoms with E-state index < -0.39 is 19.0 Å². The van der Waals surface area contributed by atoms with Crippen molar-refractivity contribution in [3.05, 3.63) is 36.0 Å². The summed E-state index contributed by atoms with van der Waals surface area (Å²) in [6, 6.07) is 6.76. The van der Waals surface area contributed by atoms with Crippen molar-refractivity contribution in [2.24, 2.45) is 5.73 Å². The lowest BCUT2D eigenvalue weighted by atomic mass is 10.1. The van der Waals surface area contributed by atoms with Crippen LogP contribution in [0.2, 0.25) is 0 Å². The van der Waals surface area contributed by atoms with Gasteiger partial charge in [-0.1, -0.05) is 18.2 Å². The summed E-state index contributed by atoms with van der Waals surface area (Å²) in [6.07, 6.45) is -2.39. The number of ether oxygens (including phenoxy) is 1. The van der Waals surface area contributed by atoms with Gasteiger partial charge in [-0.2, -0.15) is 8.78 Å². The molecule has 2 aromatic rings. The van der Waals surface area contributed by atoms with Crippen molar-refractivity contribution in [1.29, 1.82) is 0 Å². The largest absolute Gasteiger partial charge is 0.471 e. The van der Waals surface area contributed by atoms with Gasteiger partial charge in [-0.05, 0) is 17.0 Å². The van der Waals surface area contributed by atoms with Gasteiger partial charge in [0.1, 0.15) is 0 Å². The molecule has 20 heavy (non-hydrogen) atoms. The van der Waals surface area contributed by atoms with Gasteiger partial charge >= 0.3 is 12.3 Å². The first-order valence-corrected chi connectivity index (χ1v) is 5.81.